The normalized spacial score (nSPS) is 10.5. The van der Waals surface area contributed by atoms with Gasteiger partial charge in [0.15, 0.2) is 5.69 Å². The largest absolute Gasteiger partial charge is 0.369 e. The number of benzene rings is 2. The Kier molecular flexibility index (Phi) is 5.68. The van der Waals surface area contributed by atoms with Gasteiger partial charge in [-0.3, -0.25) is 0 Å². The van der Waals surface area contributed by atoms with Gasteiger partial charge in [-0.2, -0.15) is 5.10 Å². The highest BCUT2D eigenvalue weighted by Crippen LogP contribution is 2.16. The van der Waals surface area contributed by atoms with Gasteiger partial charge in [0.25, 0.3) is 0 Å². The van der Waals surface area contributed by atoms with Crippen LogP contribution in [0.25, 0.3) is 4.85 Å². The number of nitrogens with one attached hydrogen (secondary N) is 2. The molecule has 0 atom stereocenters. The first kappa shape index (κ1) is 17.5. The van der Waals surface area contributed by atoms with Gasteiger partial charge in [0.1, 0.15) is 0 Å². The summed E-state index contributed by atoms with van der Waals surface area (Å²) in [5, 5.41) is 12.9. The van der Waals surface area contributed by atoms with Crippen molar-refractivity contribution in [1.29, 1.82) is 0 Å². The van der Waals surface area contributed by atoms with E-state index in [-0.39, 0.29) is 12.0 Å². The van der Waals surface area contributed by atoms with Gasteiger partial charge in [0.05, 0.1) is 12.3 Å². The van der Waals surface area contributed by atoms with Crippen molar-refractivity contribution in [2.75, 3.05) is 10.6 Å². The summed E-state index contributed by atoms with van der Waals surface area (Å²) in [7, 11) is 0. The number of rotatable bonds is 4. The van der Waals surface area contributed by atoms with Gasteiger partial charge in [-0.1, -0.05) is 24.3 Å². The fraction of sp³-hybridized carbons (Fsp3) is 0.0588. The zero-order valence-electron chi connectivity index (χ0n) is 13.5. The SMILES string of the molecule is [C-]#[N+]c1ccc(NC(=O)Nc2ccc(C(C)=NN=C(N)N)cc2)cc1. The Labute approximate surface area is 145 Å². The van der Waals surface area contributed by atoms with Crippen LogP contribution in [0, 0.1) is 6.57 Å². The molecule has 0 bridgehead atoms. The molecule has 0 aliphatic rings. The summed E-state index contributed by atoms with van der Waals surface area (Å²) in [5.41, 5.74) is 13.7. The monoisotopic (exact) mass is 335 g/mol. The maximum atomic E-state index is 12.0. The molecule has 8 nitrogen and oxygen atoms in total. The first-order chi connectivity index (χ1) is 12.0. The number of hydrogen-bond acceptors (Lipinski definition) is 3. The fourth-order valence-electron chi connectivity index (χ4n) is 1.90. The van der Waals surface area contributed by atoms with E-state index in [1.54, 1.807) is 55.5 Å². The molecule has 0 saturated carbocycles. The van der Waals surface area contributed by atoms with Gasteiger partial charge >= 0.3 is 6.03 Å². The second kappa shape index (κ2) is 8.12. The summed E-state index contributed by atoms with van der Waals surface area (Å²) in [4.78, 5) is 15.3. The molecule has 0 aliphatic heterocycles. The number of guanidine groups is 1. The Hall–Kier alpha value is -3.86. The molecule has 126 valence electrons. The number of nitrogens with zero attached hydrogens (tertiary/aromatic N) is 3. The highest BCUT2D eigenvalue weighted by Gasteiger charge is 2.04. The van der Waals surface area contributed by atoms with E-state index in [9.17, 15) is 4.79 Å². The van der Waals surface area contributed by atoms with Crippen LogP contribution in [-0.2, 0) is 0 Å². The fourth-order valence-corrected chi connectivity index (χ4v) is 1.90. The second-order valence-corrected chi connectivity index (χ2v) is 5.03. The maximum Gasteiger partial charge on any atom is 0.323 e. The molecule has 0 spiro atoms. The van der Waals surface area contributed by atoms with Gasteiger partial charge in [-0.05, 0) is 36.8 Å². The number of carbonyl (C=O) groups excluding carboxylic acids is 1. The second-order valence-electron chi connectivity index (χ2n) is 5.03. The van der Waals surface area contributed by atoms with Crippen LogP contribution in [0.5, 0.6) is 0 Å². The van der Waals surface area contributed by atoms with E-state index in [0.717, 1.165) is 5.56 Å². The van der Waals surface area contributed by atoms with E-state index >= 15 is 0 Å². The molecule has 0 aromatic heterocycles. The lowest BCUT2D eigenvalue weighted by Crippen LogP contribution is -2.22. The molecule has 2 rings (SSSR count). The zero-order chi connectivity index (χ0) is 18.2. The number of urea groups is 1. The molecule has 0 saturated heterocycles. The topological polar surface area (TPSA) is 122 Å². The van der Waals surface area contributed by atoms with Crippen LogP contribution >= 0.6 is 0 Å². The minimum Gasteiger partial charge on any atom is -0.369 e. The predicted molar refractivity (Wildman–Crippen MR) is 99.8 cm³/mol. The minimum atomic E-state index is -0.380. The van der Waals surface area contributed by atoms with Crippen molar-refractivity contribution in [3.05, 3.63) is 65.5 Å². The lowest BCUT2D eigenvalue weighted by molar-refractivity contribution is 0.262. The first-order valence-corrected chi connectivity index (χ1v) is 7.27. The van der Waals surface area contributed by atoms with E-state index in [1.807, 2.05) is 0 Å². The molecular formula is C17H17N7O. The van der Waals surface area contributed by atoms with Crippen molar-refractivity contribution in [1.82, 2.24) is 0 Å². The first-order valence-electron chi connectivity index (χ1n) is 7.27. The molecule has 2 aromatic carbocycles. The van der Waals surface area contributed by atoms with Crippen molar-refractivity contribution in [3.8, 4) is 0 Å². The van der Waals surface area contributed by atoms with Gasteiger partial charge in [-0.25, -0.2) is 9.64 Å². The summed E-state index contributed by atoms with van der Waals surface area (Å²) < 4.78 is 0. The highest BCUT2D eigenvalue weighted by molar-refractivity contribution is 6.01. The molecular weight excluding hydrogens is 318 g/mol. The van der Waals surface area contributed by atoms with Gasteiger partial charge in [0, 0.05) is 11.4 Å². The molecule has 8 heteroatoms. The van der Waals surface area contributed by atoms with Gasteiger partial charge < -0.3 is 22.1 Å². The van der Waals surface area contributed by atoms with Crippen LogP contribution in [0.2, 0.25) is 0 Å². The molecule has 0 unspecified atom stereocenters. The number of hydrogen-bond donors (Lipinski definition) is 4. The van der Waals surface area contributed by atoms with E-state index in [1.165, 1.54) is 0 Å². The molecule has 2 aromatic rings. The smallest absolute Gasteiger partial charge is 0.323 e. The summed E-state index contributed by atoms with van der Waals surface area (Å²) >= 11 is 0. The Morgan fingerprint density at radius 1 is 0.960 bits per heavy atom. The van der Waals surface area contributed by atoms with Crippen LogP contribution in [0.1, 0.15) is 12.5 Å². The minimum absolute atomic E-state index is 0.112. The molecule has 0 aliphatic carbocycles. The predicted octanol–water partition coefficient (Wildman–Crippen LogP) is 2.88. The van der Waals surface area contributed by atoms with E-state index in [2.05, 4.69) is 25.7 Å². The molecule has 6 N–H and O–H groups in total. The highest BCUT2D eigenvalue weighted by atomic mass is 16.2. The third-order valence-electron chi connectivity index (χ3n) is 3.13. The molecule has 0 heterocycles. The Bertz CT molecular complexity index is 842. The van der Waals surface area contributed by atoms with Gasteiger partial charge in [-0.15, -0.1) is 5.10 Å². The molecule has 0 radical (unpaired) electrons. The maximum absolute atomic E-state index is 12.0. The van der Waals surface area contributed by atoms with Crippen molar-refractivity contribution in [2.45, 2.75) is 6.92 Å². The molecule has 0 fully saturated rings. The number of carbonyl (C=O) groups is 1. The summed E-state index contributed by atoms with van der Waals surface area (Å²) in [6.07, 6.45) is 0. The van der Waals surface area contributed by atoms with Crippen LogP contribution in [-0.4, -0.2) is 17.7 Å². The third-order valence-corrected chi connectivity index (χ3v) is 3.13. The van der Waals surface area contributed by atoms with E-state index in [0.29, 0.717) is 22.8 Å². The van der Waals surface area contributed by atoms with Crippen molar-refractivity contribution in [3.63, 3.8) is 0 Å². The Morgan fingerprint density at radius 2 is 1.48 bits per heavy atom. The summed E-state index contributed by atoms with van der Waals surface area (Å²) in [5.74, 6) is -0.112. The number of amides is 2. The van der Waals surface area contributed by atoms with Crippen LogP contribution in [0.15, 0.2) is 58.7 Å². The quantitative estimate of drug-likeness (QED) is 0.297. The zero-order valence-corrected chi connectivity index (χ0v) is 13.5. The van der Waals surface area contributed by atoms with Crippen LogP contribution < -0.4 is 22.1 Å². The Morgan fingerprint density at radius 3 is 1.96 bits per heavy atom. The number of anilines is 2. The van der Waals surface area contributed by atoms with Crippen LogP contribution in [0.4, 0.5) is 21.9 Å². The van der Waals surface area contributed by atoms with Crippen LogP contribution in [0.3, 0.4) is 0 Å². The van der Waals surface area contributed by atoms with Crippen molar-refractivity contribution >= 4 is 34.8 Å². The lowest BCUT2D eigenvalue weighted by Gasteiger charge is -2.08. The standard InChI is InChI=1S/C17H17N7O/c1-11(23-24-16(18)19)12-3-5-14(6-4-12)21-17(25)22-15-9-7-13(20-2)8-10-15/h3-10H,1H3,(H4,18,19,24)(H2,21,22,25). The molecule has 2 amide bonds. The molecule has 25 heavy (non-hydrogen) atoms. The van der Waals surface area contributed by atoms with E-state index in [4.69, 9.17) is 18.0 Å². The lowest BCUT2D eigenvalue weighted by atomic mass is 10.1. The van der Waals surface area contributed by atoms with Crippen molar-refractivity contribution in [2.24, 2.45) is 21.7 Å². The summed E-state index contributed by atoms with van der Waals surface area (Å²) in [6, 6.07) is 13.3. The Balaban J connectivity index is 1.98. The van der Waals surface area contributed by atoms with E-state index < -0.39 is 0 Å². The summed E-state index contributed by atoms with van der Waals surface area (Å²) in [6.45, 7) is 8.67. The average Bonchev–Trinajstić information content (AvgIpc) is 2.61. The third kappa shape index (κ3) is 5.37. The number of nitrogens with two attached hydrogens (primary N) is 2. The van der Waals surface area contributed by atoms with Gasteiger partial charge in [0.2, 0.25) is 5.96 Å². The van der Waals surface area contributed by atoms with Crippen molar-refractivity contribution < 1.29 is 4.79 Å². The average molecular weight is 335 g/mol.